The van der Waals surface area contributed by atoms with Crippen LogP contribution in [0.25, 0.3) is 5.65 Å². The number of halogens is 3. The average molecular weight is 353 g/mol. The highest BCUT2D eigenvalue weighted by Crippen LogP contribution is 2.30. The second-order valence-corrected chi connectivity index (χ2v) is 5.72. The van der Waals surface area contributed by atoms with Gasteiger partial charge in [0, 0.05) is 44.8 Å². The van der Waals surface area contributed by atoms with Crippen molar-refractivity contribution in [2.45, 2.75) is 12.7 Å². The molecule has 8 nitrogen and oxygen atoms in total. The van der Waals surface area contributed by atoms with Gasteiger partial charge in [-0.05, 0) is 0 Å². The molecule has 0 aromatic carbocycles. The summed E-state index contributed by atoms with van der Waals surface area (Å²) in [5.74, 6) is 1.06. The lowest BCUT2D eigenvalue weighted by Crippen LogP contribution is -2.46. The average Bonchev–Trinajstić information content (AvgIpc) is 3.24. The zero-order valence-electron chi connectivity index (χ0n) is 13.0. The van der Waals surface area contributed by atoms with Crippen LogP contribution in [0.5, 0.6) is 0 Å². The first-order valence-electron chi connectivity index (χ1n) is 7.64. The molecule has 0 spiro atoms. The van der Waals surface area contributed by atoms with Crippen molar-refractivity contribution in [3.05, 3.63) is 36.5 Å². The Labute approximate surface area is 139 Å². The van der Waals surface area contributed by atoms with E-state index < -0.39 is 11.9 Å². The van der Waals surface area contributed by atoms with Crippen LogP contribution >= 0.6 is 0 Å². The number of imidazole rings is 1. The van der Waals surface area contributed by atoms with Gasteiger partial charge in [0.05, 0.1) is 6.54 Å². The van der Waals surface area contributed by atoms with Gasteiger partial charge in [-0.1, -0.05) is 5.16 Å². The lowest BCUT2D eigenvalue weighted by atomic mass is 10.3. The van der Waals surface area contributed by atoms with E-state index in [4.69, 9.17) is 4.52 Å². The zero-order valence-corrected chi connectivity index (χ0v) is 13.0. The second kappa shape index (κ2) is 5.99. The summed E-state index contributed by atoms with van der Waals surface area (Å²) in [5.41, 5.74) is -0.709. The molecule has 0 atom stereocenters. The van der Waals surface area contributed by atoms with E-state index in [1.807, 2.05) is 4.90 Å². The largest absolute Gasteiger partial charge is 0.434 e. The molecule has 0 unspecified atom stereocenters. The third kappa shape index (κ3) is 3.14. The predicted octanol–water partition coefficient (Wildman–Crippen LogP) is 1.45. The van der Waals surface area contributed by atoms with Crippen molar-refractivity contribution in [3.8, 4) is 0 Å². The van der Waals surface area contributed by atoms with Crippen molar-refractivity contribution in [1.82, 2.24) is 29.4 Å². The number of hydrogen-bond donors (Lipinski definition) is 0. The maximum atomic E-state index is 12.9. The number of nitrogens with zero attached hydrogens (tertiary/aromatic N) is 7. The molecule has 0 bridgehead atoms. The molecular weight excluding hydrogens is 339 g/mol. The molecule has 0 amide bonds. The molecule has 132 valence electrons. The van der Waals surface area contributed by atoms with Crippen LogP contribution in [0, 0.1) is 0 Å². The minimum atomic E-state index is -4.48. The van der Waals surface area contributed by atoms with Crippen molar-refractivity contribution in [3.63, 3.8) is 0 Å². The third-order valence-electron chi connectivity index (χ3n) is 4.09. The van der Waals surface area contributed by atoms with Gasteiger partial charge in [-0.2, -0.15) is 18.2 Å². The van der Waals surface area contributed by atoms with E-state index in [1.165, 1.54) is 23.2 Å². The summed E-state index contributed by atoms with van der Waals surface area (Å²) in [5, 5.41) is 3.78. The predicted molar refractivity (Wildman–Crippen MR) is 79.8 cm³/mol. The van der Waals surface area contributed by atoms with Gasteiger partial charge in [0.25, 0.3) is 0 Å². The highest BCUT2D eigenvalue weighted by atomic mass is 19.4. The fraction of sp³-hybridized carbons (Fsp3) is 0.429. The van der Waals surface area contributed by atoms with Gasteiger partial charge in [-0.15, -0.1) is 0 Å². The van der Waals surface area contributed by atoms with Crippen LogP contribution in [0.3, 0.4) is 0 Å². The van der Waals surface area contributed by atoms with Gasteiger partial charge < -0.3 is 13.8 Å². The molecule has 3 aromatic heterocycles. The number of alkyl halides is 3. The summed E-state index contributed by atoms with van der Waals surface area (Å²) < 4.78 is 44.8. The summed E-state index contributed by atoms with van der Waals surface area (Å²) in [6, 6.07) is 0. The number of aromatic nitrogens is 5. The first-order valence-corrected chi connectivity index (χ1v) is 7.64. The maximum Gasteiger partial charge on any atom is 0.434 e. The van der Waals surface area contributed by atoms with Crippen LogP contribution in [0.1, 0.15) is 11.5 Å². The Morgan fingerprint density at radius 1 is 1.12 bits per heavy atom. The maximum absolute atomic E-state index is 12.9. The Kier molecular flexibility index (Phi) is 3.79. The molecule has 25 heavy (non-hydrogen) atoms. The number of anilines is 1. The molecule has 4 rings (SSSR count). The minimum Gasteiger partial charge on any atom is -0.351 e. The van der Waals surface area contributed by atoms with Crippen LogP contribution in [-0.4, -0.2) is 55.6 Å². The van der Waals surface area contributed by atoms with Gasteiger partial charge in [0.1, 0.15) is 0 Å². The Hall–Kier alpha value is -2.69. The van der Waals surface area contributed by atoms with Crippen LogP contribution in [0.4, 0.5) is 19.0 Å². The Bertz CT molecular complexity index is 853. The van der Waals surface area contributed by atoms with Crippen molar-refractivity contribution >= 4 is 11.5 Å². The van der Waals surface area contributed by atoms with E-state index in [9.17, 15) is 13.2 Å². The molecule has 1 aliphatic heterocycles. The fourth-order valence-corrected chi connectivity index (χ4v) is 2.85. The van der Waals surface area contributed by atoms with Crippen molar-refractivity contribution in [2.75, 3.05) is 31.1 Å². The van der Waals surface area contributed by atoms with Crippen molar-refractivity contribution in [2.24, 2.45) is 0 Å². The summed E-state index contributed by atoms with van der Waals surface area (Å²) in [4.78, 5) is 16.0. The molecule has 0 radical (unpaired) electrons. The minimum absolute atomic E-state index is 0.210. The summed E-state index contributed by atoms with van der Waals surface area (Å²) in [7, 11) is 0. The quantitative estimate of drug-likeness (QED) is 0.705. The van der Waals surface area contributed by atoms with Gasteiger partial charge in [0.2, 0.25) is 6.39 Å². The standard InChI is InChI=1S/C14H14F3N7O/c15-14(16,17)10-7-24-2-1-18-12(13(24)20-10)23-5-3-22(4-6-23)8-11-19-9-25-21-11/h1-2,7,9H,3-6,8H2. The normalized spacial score (nSPS) is 16.7. The third-order valence-corrected chi connectivity index (χ3v) is 4.09. The number of piperazine rings is 1. The van der Waals surface area contributed by atoms with Crippen LogP contribution in [-0.2, 0) is 12.7 Å². The second-order valence-electron chi connectivity index (χ2n) is 5.72. The molecule has 4 heterocycles. The molecule has 0 N–H and O–H groups in total. The number of rotatable bonds is 3. The first-order chi connectivity index (χ1) is 12.0. The molecule has 1 saturated heterocycles. The van der Waals surface area contributed by atoms with Crippen molar-refractivity contribution in [1.29, 1.82) is 0 Å². The van der Waals surface area contributed by atoms with Crippen LogP contribution in [0.2, 0.25) is 0 Å². The highest BCUT2D eigenvalue weighted by Gasteiger charge is 2.34. The van der Waals surface area contributed by atoms with E-state index in [-0.39, 0.29) is 5.65 Å². The van der Waals surface area contributed by atoms with Crippen LogP contribution < -0.4 is 4.90 Å². The molecule has 0 aliphatic carbocycles. The zero-order chi connectivity index (χ0) is 17.4. The van der Waals surface area contributed by atoms with Gasteiger partial charge in [0.15, 0.2) is 23.0 Å². The topological polar surface area (TPSA) is 75.6 Å². The number of fused-ring (bicyclic) bond motifs is 1. The smallest absolute Gasteiger partial charge is 0.351 e. The molecule has 1 fully saturated rings. The van der Waals surface area contributed by atoms with Crippen LogP contribution in [0.15, 0.2) is 29.5 Å². The Morgan fingerprint density at radius 3 is 2.60 bits per heavy atom. The highest BCUT2D eigenvalue weighted by molar-refractivity contribution is 5.64. The molecule has 0 saturated carbocycles. The lowest BCUT2D eigenvalue weighted by molar-refractivity contribution is -0.140. The van der Waals surface area contributed by atoms with E-state index in [0.29, 0.717) is 44.4 Å². The molecular formula is C14H14F3N7O. The Morgan fingerprint density at radius 2 is 1.92 bits per heavy atom. The van der Waals surface area contributed by atoms with Crippen molar-refractivity contribution < 1.29 is 17.7 Å². The molecule has 11 heteroatoms. The summed E-state index contributed by atoms with van der Waals surface area (Å²) in [6.45, 7) is 3.25. The number of hydrogen-bond acceptors (Lipinski definition) is 7. The summed E-state index contributed by atoms with van der Waals surface area (Å²) in [6.07, 6.45) is 0.732. The van der Waals surface area contributed by atoms with Gasteiger partial charge in [-0.25, -0.2) is 9.97 Å². The Balaban J connectivity index is 1.52. The van der Waals surface area contributed by atoms with Gasteiger partial charge >= 0.3 is 6.18 Å². The van der Waals surface area contributed by atoms with E-state index >= 15 is 0 Å². The van der Waals surface area contributed by atoms with Gasteiger partial charge in [-0.3, -0.25) is 4.90 Å². The summed E-state index contributed by atoms with van der Waals surface area (Å²) >= 11 is 0. The van der Waals surface area contributed by atoms with E-state index in [2.05, 4.69) is 25.0 Å². The van der Waals surface area contributed by atoms with E-state index in [1.54, 1.807) is 0 Å². The molecule has 3 aromatic rings. The first kappa shape index (κ1) is 15.8. The SMILES string of the molecule is FC(F)(F)c1cn2ccnc(N3CCN(Cc4ncon4)CC3)c2n1. The van der Waals surface area contributed by atoms with E-state index in [0.717, 1.165) is 6.20 Å². The fourth-order valence-electron chi connectivity index (χ4n) is 2.85. The molecule has 1 aliphatic rings. The lowest BCUT2D eigenvalue weighted by Gasteiger charge is -2.34. The monoisotopic (exact) mass is 353 g/mol.